The van der Waals surface area contributed by atoms with Crippen LogP contribution in [-0.4, -0.2) is 112 Å². The number of piperazine rings is 1. The minimum Gasteiger partial charge on any atom is -0.481 e. The third kappa shape index (κ3) is 8.61. The van der Waals surface area contributed by atoms with Gasteiger partial charge in [-0.3, -0.25) is 14.4 Å². The number of carboxylic acid groups (broad SMARTS) is 1. The summed E-state index contributed by atoms with van der Waals surface area (Å²) in [5.41, 5.74) is 0.712. The van der Waals surface area contributed by atoms with Gasteiger partial charge in [-0.05, 0) is 32.6 Å². The van der Waals surface area contributed by atoms with Crippen molar-refractivity contribution in [3.8, 4) is 11.4 Å². The average Bonchev–Trinajstić information content (AvgIpc) is 3.03. The predicted molar refractivity (Wildman–Crippen MR) is 154 cm³/mol. The van der Waals surface area contributed by atoms with Gasteiger partial charge in [-0.25, -0.2) is 14.8 Å². The Morgan fingerprint density at radius 3 is 2.47 bits per heavy atom. The van der Waals surface area contributed by atoms with Crippen molar-refractivity contribution < 1.29 is 39.0 Å². The Hall–Kier alpha value is -4.30. The summed E-state index contributed by atoms with van der Waals surface area (Å²) in [7, 11) is 0. The summed E-state index contributed by atoms with van der Waals surface area (Å²) in [6.45, 7) is 3.27. The lowest BCUT2D eigenvalue weighted by Crippen LogP contribution is -2.55. The number of aliphatic hydroxyl groups is 1. The molecule has 3 N–H and O–H groups in total. The summed E-state index contributed by atoms with van der Waals surface area (Å²) >= 11 is 0. The summed E-state index contributed by atoms with van der Waals surface area (Å²) < 4.78 is 4.78. The number of nitrogens with zero attached hydrogens (tertiary/aromatic N) is 5. The highest BCUT2D eigenvalue weighted by atomic mass is 16.8. The van der Waals surface area contributed by atoms with Gasteiger partial charge in [0.2, 0.25) is 5.91 Å². The van der Waals surface area contributed by atoms with Crippen LogP contribution in [0.25, 0.3) is 11.4 Å². The van der Waals surface area contributed by atoms with E-state index in [2.05, 4.69) is 10.3 Å². The van der Waals surface area contributed by atoms with E-state index in [4.69, 9.17) is 14.6 Å². The molecule has 0 saturated carbocycles. The monoisotopic (exact) mass is 598 g/mol. The second-order valence-electron chi connectivity index (χ2n) is 10.3. The van der Waals surface area contributed by atoms with Crippen molar-refractivity contribution >= 4 is 29.8 Å². The van der Waals surface area contributed by atoms with Crippen LogP contribution in [0.3, 0.4) is 0 Å². The third-order valence-corrected chi connectivity index (χ3v) is 7.38. The van der Waals surface area contributed by atoms with Crippen molar-refractivity contribution in [3.05, 3.63) is 42.1 Å². The molecule has 2 aliphatic heterocycles. The molecule has 2 saturated heterocycles. The molecule has 3 heterocycles. The fourth-order valence-electron chi connectivity index (χ4n) is 5.13. The molecule has 1 unspecified atom stereocenters. The SMILES string of the molecule is CCOC(=O)ON1CCN(C(=O)C(CCC(=O)O)NC(=O)c2cc(N3CCCC[C@H]3CO)nc(-c3ccccc3)n2)CC1. The molecule has 0 radical (unpaired) electrons. The molecule has 0 aliphatic carbocycles. The van der Waals surface area contributed by atoms with Crippen LogP contribution in [0, 0.1) is 0 Å². The summed E-state index contributed by atoms with van der Waals surface area (Å²) in [5.74, 6) is -1.39. The van der Waals surface area contributed by atoms with Crippen molar-refractivity contribution in [2.24, 2.45) is 0 Å². The first-order chi connectivity index (χ1) is 20.8. The summed E-state index contributed by atoms with van der Waals surface area (Å²) in [6, 6.07) is 9.44. The van der Waals surface area contributed by atoms with Crippen LogP contribution in [0.2, 0.25) is 0 Å². The zero-order chi connectivity index (χ0) is 30.8. The van der Waals surface area contributed by atoms with Crippen LogP contribution in [0.15, 0.2) is 36.4 Å². The molecular formula is C29H38N6O8. The van der Waals surface area contributed by atoms with Gasteiger partial charge in [0, 0.05) is 37.7 Å². The summed E-state index contributed by atoms with van der Waals surface area (Å²) in [4.78, 5) is 67.9. The number of carboxylic acids is 1. The van der Waals surface area contributed by atoms with Crippen molar-refractivity contribution in [1.29, 1.82) is 0 Å². The van der Waals surface area contributed by atoms with E-state index in [1.54, 1.807) is 13.0 Å². The number of carbonyl (C=O) groups excluding carboxylic acids is 3. The number of amides is 2. The number of aliphatic hydroxyl groups excluding tert-OH is 1. The largest absolute Gasteiger partial charge is 0.527 e. The minimum absolute atomic E-state index is 0.0203. The topological polar surface area (TPSA) is 175 Å². The molecule has 4 rings (SSSR count). The highest BCUT2D eigenvalue weighted by Gasteiger charge is 2.32. The van der Waals surface area contributed by atoms with E-state index in [1.165, 1.54) is 9.96 Å². The van der Waals surface area contributed by atoms with E-state index in [0.717, 1.165) is 19.3 Å². The Balaban J connectivity index is 1.54. The molecule has 2 fully saturated rings. The molecule has 2 aliphatic rings. The molecule has 43 heavy (non-hydrogen) atoms. The number of hydroxylamine groups is 2. The van der Waals surface area contributed by atoms with Crippen LogP contribution < -0.4 is 10.2 Å². The first kappa shape index (κ1) is 31.6. The van der Waals surface area contributed by atoms with Gasteiger partial charge in [0.1, 0.15) is 17.6 Å². The average molecular weight is 599 g/mol. The van der Waals surface area contributed by atoms with Crippen molar-refractivity contribution in [2.45, 2.75) is 51.1 Å². The summed E-state index contributed by atoms with van der Waals surface area (Å²) in [6.07, 6.45) is 1.38. The van der Waals surface area contributed by atoms with Gasteiger partial charge >= 0.3 is 12.1 Å². The third-order valence-electron chi connectivity index (χ3n) is 7.38. The lowest BCUT2D eigenvalue weighted by Gasteiger charge is -2.36. The number of anilines is 1. The van der Waals surface area contributed by atoms with Crippen molar-refractivity contribution in [2.75, 3.05) is 50.8 Å². The fraction of sp³-hybridized carbons (Fsp3) is 0.517. The van der Waals surface area contributed by atoms with Crippen LogP contribution in [0.5, 0.6) is 0 Å². The van der Waals surface area contributed by atoms with Crippen molar-refractivity contribution in [3.63, 3.8) is 0 Å². The molecule has 2 amide bonds. The first-order valence-electron chi connectivity index (χ1n) is 14.5. The zero-order valence-electron chi connectivity index (χ0n) is 24.2. The Morgan fingerprint density at radius 2 is 1.79 bits per heavy atom. The van der Waals surface area contributed by atoms with E-state index < -0.39 is 30.0 Å². The lowest BCUT2D eigenvalue weighted by atomic mass is 10.0. The highest BCUT2D eigenvalue weighted by Crippen LogP contribution is 2.26. The fourth-order valence-corrected chi connectivity index (χ4v) is 5.13. The molecular weight excluding hydrogens is 560 g/mol. The quantitative estimate of drug-likeness (QED) is 0.320. The maximum atomic E-state index is 13.6. The van der Waals surface area contributed by atoms with E-state index in [-0.39, 0.29) is 64.0 Å². The molecule has 2 aromatic rings. The molecule has 0 spiro atoms. The Labute approximate surface area is 249 Å². The van der Waals surface area contributed by atoms with Gasteiger partial charge in [-0.15, -0.1) is 5.06 Å². The Bertz CT molecular complexity index is 1270. The van der Waals surface area contributed by atoms with Gasteiger partial charge in [0.15, 0.2) is 5.82 Å². The summed E-state index contributed by atoms with van der Waals surface area (Å²) in [5, 5.41) is 23.4. The molecule has 232 valence electrons. The standard InChI is InChI=1S/C29H38N6O8/c1-2-42-29(41)43-34-16-14-33(15-17-34)28(40)22(11-12-25(37)38)31-27(39)23-18-24(35-13-7-6-10-21(35)19-36)32-26(30-23)20-8-4-3-5-9-20/h3-5,8-9,18,21-22,36H,2,6-7,10-17,19H2,1H3,(H,31,39)(H,37,38)/t21-,22?/m0/s1. The molecule has 1 aromatic carbocycles. The van der Waals surface area contributed by atoms with Gasteiger partial charge in [0.05, 0.1) is 32.3 Å². The maximum Gasteiger partial charge on any atom is 0.527 e. The van der Waals surface area contributed by atoms with Crippen LogP contribution in [0.4, 0.5) is 10.6 Å². The molecule has 1 aromatic heterocycles. The second kappa shape index (κ2) is 15.3. The van der Waals surface area contributed by atoms with Crippen LogP contribution in [-0.2, 0) is 19.2 Å². The van der Waals surface area contributed by atoms with Crippen LogP contribution in [0.1, 0.15) is 49.5 Å². The van der Waals surface area contributed by atoms with Gasteiger partial charge in [-0.2, -0.15) is 0 Å². The number of piperidine rings is 1. The number of hydrogen-bond donors (Lipinski definition) is 3. The first-order valence-corrected chi connectivity index (χ1v) is 14.5. The molecule has 14 heteroatoms. The molecule has 2 atom stereocenters. The van der Waals surface area contributed by atoms with Crippen molar-refractivity contribution in [1.82, 2.24) is 25.2 Å². The van der Waals surface area contributed by atoms with E-state index in [9.17, 15) is 29.4 Å². The number of hydrogen-bond acceptors (Lipinski definition) is 11. The Kier molecular flexibility index (Phi) is 11.2. The van der Waals surface area contributed by atoms with E-state index in [0.29, 0.717) is 23.8 Å². The predicted octanol–water partition coefficient (Wildman–Crippen LogP) is 1.69. The van der Waals surface area contributed by atoms with Gasteiger partial charge < -0.3 is 34.9 Å². The second-order valence-corrected chi connectivity index (χ2v) is 10.3. The number of benzene rings is 1. The number of aromatic nitrogens is 2. The number of nitrogens with one attached hydrogen (secondary N) is 1. The maximum absolute atomic E-state index is 13.6. The zero-order valence-corrected chi connectivity index (χ0v) is 24.2. The normalized spacial score (nSPS) is 18.0. The lowest BCUT2D eigenvalue weighted by molar-refractivity contribution is -0.157. The van der Waals surface area contributed by atoms with E-state index >= 15 is 0 Å². The number of rotatable bonds is 11. The van der Waals surface area contributed by atoms with Crippen LogP contribution >= 0.6 is 0 Å². The number of ether oxygens (including phenoxy) is 1. The Morgan fingerprint density at radius 1 is 1.05 bits per heavy atom. The van der Waals surface area contributed by atoms with Gasteiger partial charge in [0.25, 0.3) is 5.91 Å². The smallest absolute Gasteiger partial charge is 0.481 e. The highest BCUT2D eigenvalue weighted by molar-refractivity contribution is 5.97. The minimum atomic E-state index is -1.13. The molecule has 14 nitrogen and oxygen atoms in total. The van der Waals surface area contributed by atoms with Gasteiger partial charge in [-0.1, -0.05) is 30.3 Å². The van der Waals surface area contributed by atoms with E-state index in [1.807, 2.05) is 35.2 Å². The number of carbonyl (C=O) groups is 4. The molecule has 0 bridgehead atoms. The number of aliphatic carboxylic acids is 1.